The topological polar surface area (TPSA) is 55.7 Å². The molecule has 0 aromatic heterocycles. The van der Waals surface area contributed by atoms with Crippen LogP contribution in [0.3, 0.4) is 0 Å². The van der Waals surface area contributed by atoms with E-state index in [-0.39, 0.29) is 10.2 Å². The van der Waals surface area contributed by atoms with Crippen molar-refractivity contribution in [2.75, 3.05) is 12.8 Å². The number of halogens is 1. The second-order valence-corrected chi connectivity index (χ2v) is 4.82. The van der Waals surface area contributed by atoms with Gasteiger partial charge in [-0.15, -0.1) is 0 Å². The Bertz CT molecular complexity index is 258. The molecule has 1 unspecified atom stereocenters. The van der Waals surface area contributed by atoms with Gasteiger partial charge in [0, 0.05) is 6.26 Å². The van der Waals surface area contributed by atoms with Crippen LogP contribution in [-0.4, -0.2) is 31.5 Å². The van der Waals surface area contributed by atoms with Gasteiger partial charge >= 0.3 is 5.23 Å². The standard InChI is InChI=1S/C4H6BrNO3S/c1-10(7,8)4-6-2-3(5)9-4/h3H,2H2,1H3. The van der Waals surface area contributed by atoms with E-state index in [4.69, 9.17) is 4.74 Å². The minimum absolute atomic E-state index is 0.172. The van der Waals surface area contributed by atoms with Crippen molar-refractivity contribution in [3.05, 3.63) is 0 Å². The zero-order valence-corrected chi connectivity index (χ0v) is 7.65. The highest BCUT2D eigenvalue weighted by Gasteiger charge is 2.24. The predicted octanol–water partition coefficient (Wildman–Crippen LogP) is 0.138. The largest absolute Gasteiger partial charge is 0.453 e. The van der Waals surface area contributed by atoms with E-state index in [0.29, 0.717) is 6.54 Å². The van der Waals surface area contributed by atoms with Gasteiger partial charge in [0.2, 0.25) is 9.84 Å². The van der Waals surface area contributed by atoms with Gasteiger partial charge in [-0.25, -0.2) is 13.4 Å². The Morgan fingerprint density at radius 1 is 1.80 bits per heavy atom. The van der Waals surface area contributed by atoms with Crippen molar-refractivity contribution in [2.24, 2.45) is 4.99 Å². The first kappa shape index (κ1) is 8.00. The van der Waals surface area contributed by atoms with E-state index in [2.05, 4.69) is 20.9 Å². The second-order valence-electron chi connectivity index (χ2n) is 1.91. The third-order valence-electron chi connectivity index (χ3n) is 0.910. The summed E-state index contributed by atoms with van der Waals surface area (Å²) in [4.78, 5) is 3.65. The second kappa shape index (κ2) is 2.50. The number of hydrogen-bond acceptors (Lipinski definition) is 4. The summed E-state index contributed by atoms with van der Waals surface area (Å²) in [7, 11) is -3.24. The Labute approximate surface area is 67.3 Å². The molecule has 10 heavy (non-hydrogen) atoms. The fourth-order valence-corrected chi connectivity index (χ4v) is 1.58. The van der Waals surface area contributed by atoms with Crippen molar-refractivity contribution >= 4 is 31.0 Å². The lowest BCUT2D eigenvalue weighted by molar-refractivity contribution is 0.326. The van der Waals surface area contributed by atoms with Crippen LogP contribution in [0.5, 0.6) is 0 Å². The Hall–Kier alpha value is -0.100. The number of hydrogen-bond donors (Lipinski definition) is 0. The molecular weight excluding hydrogens is 222 g/mol. The van der Waals surface area contributed by atoms with Crippen LogP contribution in [0.4, 0.5) is 0 Å². The molecule has 0 aromatic carbocycles. The Kier molecular flexibility index (Phi) is 2.00. The van der Waals surface area contributed by atoms with Gasteiger partial charge in [0.05, 0.1) is 6.54 Å². The van der Waals surface area contributed by atoms with Gasteiger partial charge in [0.1, 0.15) is 0 Å². The summed E-state index contributed by atoms with van der Waals surface area (Å²) >= 11 is 3.07. The first-order valence-electron chi connectivity index (χ1n) is 2.55. The van der Waals surface area contributed by atoms with Crippen molar-refractivity contribution in [3.63, 3.8) is 0 Å². The average molecular weight is 228 g/mol. The fraction of sp³-hybridized carbons (Fsp3) is 0.750. The van der Waals surface area contributed by atoms with Gasteiger partial charge in [-0.1, -0.05) is 0 Å². The number of nitrogens with zero attached hydrogens (tertiary/aromatic N) is 1. The van der Waals surface area contributed by atoms with Gasteiger partial charge in [0.25, 0.3) is 0 Å². The molecule has 1 heterocycles. The molecule has 0 amide bonds. The minimum atomic E-state index is -3.24. The maximum Gasteiger partial charge on any atom is 0.306 e. The van der Waals surface area contributed by atoms with Gasteiger partial charge < -0.3 is 4.74 Å². The molecule has 0 aliphatic carbocycles. The monoisotopic (exact) mass is 227 g/mol. The molecule has 0 radical (unpaired) electrons. The average Bonchev–Trinajstić information content (AvgIpc) is 2.11. The SMILES string of the molecule is CS(=O)(=O)C1=NCC(Br)O1. The molecule has 0 bridgehead atoms. The number of rotatable bonds is 0. The van der Waals surface area contributed by atoms with Crippen LogP contribution < -0.4 is 0 Å². The van der Waals surface area contributed by atoms with E-state index < -0.39 is 9.84 Å². The summed E-state index contributed by atoms with van der Waals surface area (Å²) in [6.07, 6.45) is 1.07. The highest BCUT2D eigenvalue weighted by molar-refractivity contribution is 9.09. The van der Waals surface area contributed by atoms with E-state index in [1.807, 2.05) is 0 Å². The molecule has 0 N–H and O–H groups in total. The summed E-state index contributed by atoms with van der Waals surface area (Å²) in [6, 6.07) is 0. The highest BCUT2D eigenvalue weighted by Crippen LogP contribution is 2.12. The fourth-order valence-electron chi connectivity index (χ4n) is 0.535. The lowest BCUT2D eigenvalue weighted by Gasteiger charge is -2.00. The summed E-state index contributed by atoms with van der Waals surface area (Å²) in [5, 5.41) is -0.452. The lowest BCUT2D eigenvalue weighted by atomic mass is 10.8. The van der Waals surface area contributed by atoms with Gasteiger partial charge in [-0.3, -0.25) is 0 Å². The van der Waals surface area contributed by atoms with Gasteiger partial charge in [-0.2, -0.15) is 0 Å². The number of sulfone groups is 1. The van der Waals surface area contributed by atoms with Crippen LogP contribution in [0.25, 0.3) is 0 Å². The molecule has 4 nitrogen and oxygen atoms in total. The van der Waals surface area contributed by atoms with Crippen LogP contribution in [-0.2, 0) is 14.6 Å². The van der Waals surface area contributed by atoms with E-state index in [9.17, 15) is 8.42 Å². The van der Waals surface area contributed by atoms with E-state index >= 15 is 0 Å². The maximum absolute atomic E-state index is 10.7. The summed E-state index contributed by atoms with van der Waals surface area (Å²) in [5.74, 6) is 0. The zero-order valence-electron chi connectivity index (χ0n) is 5.24. The number of alkyl halides is 1. The third kappa shape index (κ3) is 1.69. The van der Waals surface area contributed by atoms with Crippen molar-refractivity contribution in [2.45, 2.75) is 5.01 Å². The van der Waals surface area contributed by atoms with Crippen molar-refractivity contribution in [3.8, 4) is 0 Å². The van der Waals surface area contributed by atoms with E-state index in [1.165, 1.54) is 0 Å². The molecule has 0 saturated carbocycles. The molecule has 0 saturated heterocycles. The maximum atomic E-state index is 10.7. The molecule has 1 aliphatic rings. The molecule has 0 fully saturated rings. The molecule has 1 rings (SSSR count). The normalized spacial score (nSPS) is 25.8. The number of aliphatic imine (C=N–C) groups is 1. The Balaban J connectivity index is 2.80. The van der Waals surface area contributed by atoms with Gasteiger partial charge in [0.15, 0.2) is 5.01 Å². The minimum Gasteiger partial charge on any atom is -0.453 e. The summed E-state index contributed by atoms with van der Waals surface area (Å²) in [5.41, 5.74) is 0. The number of ether oxygens (including phenoxy) is 1. The van der Waals surface area contributed by atoms with Crippen LogP contribution >= 0.6 is 15.9 Å². The molecule has 1 aliphatic heterocycles. The van der Waals surface area contributed by atoms with Crippen LogP contribution in [0.15, 0.2) is 4.99 Å². The van der Waals surface area contributed by atoms with E-state index in [0.717, 1.165) is 6.26 Å². The molecular formula is C4H6BrNO3S. The van der Waals surface area contributed by atoms with Crippen molar-refractivity contribution in [1.82, 2.24) is 0 Å². The van der Waals surface area contributed by atoms with Crippen LogP contribution in [0, 0.1) is 0 Å². The van der Waals surface area contributed by atoms with Crippen LogP contribution in [0.1, 0.15) is 0 Å². The molecule has 0 aromatic rings. The van der Waals surface area contributed by atoms with Gasteiger partial charge in [-0.05, 0) is 15.9 Å². The van der Waals surface area contributed by atoms with Crippen molar-refractivity contribution in [1.29, 1.82) is 0 Å². The summed E-state index contributed by atoms with van der Waals surface area (Å²) < 4.78 is 26.2. The smallest absolute Gasteiger partial charge is 0.306 e. The predicted molar refractivity (Wildman–Crippen MR) is 40.9 cm³/mol. The highest BCUT2D eigenvalue weighted by atomic mass is 79.9. The van der Waals surface area contributed by atoms with Crippen LogP contribution in [0.2, 0.25) is 0 Å². The van der Waals surface area contributed by atoms with Crippen molar-refractivity contribution < 1.29 is 13.2 Å². The third-order valence-corrected chi connectivity index (χ3v) is 2.25. The molecule has 0 spiro atoms. The first-order valence-corrected chi connectivity index (χ1v) is 5.36. The Morgan fingerprint density at radius 2 is 2.40 bits per heavy atom. The molecule has 6 heteroatoms. The molecule has 58 valence electrons. The lowest BCUT2D eigenvalue weighted by Crippen LogP contribution is -2.14. The first-order chi connectivity index (χ1) is 4.50. The summed E-state index contributed by atoms with van der Waals surface area (Å²) in [6.45, 7) is 0.363. The quantitative estimate of drug-likeness (QED) is 0.554. The molecule has 1 atom stereocenters. The van der Waals surface area contributed by atoms with E-state index in [1.54, 1.807) is 0 Å². The Morgan fingerprint density at radius 3 is 2.60 bits per heavy atom. The zero-order chi connectivity index (χ0) is 7.78.